The highest BCUT2D eigenvalue weighted by atomic mass is 35.5. The summed E-state index contributed by atoms with van der Waals surface area (Å²) in [6.07, 6.45) is 7.16. The van der Waals surface area contributed by atoms with Crippen LogP contribution in [0.25, 0.3) is 16.2 Å². The fraction of sp³-hybridized carbons (Fsp3) is 0.375. The molecule has 0 radical (unpaired) electrons. The van der Waals surface area contributed by atoms with E-state index in [-0.39, 0.29) is 11.8 Å². The van der Waals surface area contributed by atoms with Gasteiger partial charge in [0.15, 0.2) is 0 Å². The van der Waals surface area contributed by atoms with Gasteiger partial charge in [0.2, 0.25) is 21.9 Å². The molecular weight excluding hydrogens is 484 g/mol. The van der Waals surface area contributed by atoms with Crippen LogP contribution in [-0.4, -0.2) is 74.6 Å². The van der Waals surface area contributed by atoms with Crippen LogP contribution in [0.1, 0.15) is 12.8 Å². The van der Waals surface area contributed by atoms with Crippen LogP contribution < -0.4 is 9.80 Å². The standard InChI is InChI=1S/C24H25ClN8OS/c25-19-4-2-17(3-5-19)20-16-33-23(28-20)35-24(29-33)32-10-6-18(7-11-32)21(34)30-12-14-31(15-13-30)22-26-8-1-9-27-22/h1-5,8-9,16,18H,6-7,10-15H2. The number of imidazole rings is 1. The topological polar surface area (TPSA) is 82.8 Å². The second kappa shape index (κ2) is 9.43. The molecule has 0 bridgehead atoms. The zero-order chi connectivity index (χ0) is 23.8. The second-order valence-electron chi connectivity index (χ2n) is 8.87. The fourth-order valence-corrected chi connectivity index (χ4v) is 5.80. The molecule has 2 fully saturated rings. The zero-order valence-corrected chi connectivity index (χ0v) is 20.7. The van der Waals surface area contributed by atoms with E-state index >= 15 is 0 Å². The number of carbonyl (C=O) groups excluding carboxylic acids is 1. The van der Waals surface area contributed by atoms with Gasteiger partial charge in [0.25, 0.3) is 0 Å². The summed E-state index contributed by atoms with van der Waals surface area (Å²) >= 11 is 7.58. The van der Waals surface area contributed by atoms with Crippen molar-refractivity contribution in [3.05, 3.63) is 53.9 Å². The molecule has 3 aromatic heterocycles. The van der Waals surface area contributed by atoms with Gasteiger partial charge in [-0.1, -0.05) is 35.1 Å². The molecule has 9 nitrogen and oxygen atoms in total. The van der Waals surface area contributed by atoms with Gasteiger partial charge in [-0.05, 0) is 31.0 Å². The molecule has 0 saturated carbocycles. The number of rotatable bonds is 4. The number of fused-ring (bicyclic) bond motifs is 1. The zero-order valence-electron chi connectivity index (χ0n) is 19.1. The van der Waals surface area contributed by atoms with Crippen molar-refractivity contribution < 1.29 is 4.79 Å². The maximum Gasteiger partial charge on any atom is 0.225 e. The van der Waals surface area contributed by atoms with Crippen LogP contribution in [-0.2, 0) is 4.79 Å². The van der Waals surface area contributed by atoms with E-state index in [9.17, 15) is 4.79 Å². The number of aromatic nitrogens is 5. The third kappa shape index (κ3) is 4.55. The van der Waals surface area contributed by atoms with Crippen LogP contribution in [0.2, 0.25) is 5.02 Å². The van der Waals surface area contributed by atoms with E-state index < -0.39 is 0 Å². The first-order valence-electron chi connectivity index (χ1n) is 11.8. The van der Waals surface area contributed by atoms with Crippen LogP contribution in [0.5, 0.6) is 0 Å². The van der Waals surface area contributed by atoms with Gasteiger partial charge in [0.1, 0.15) is 0 Å². The van der Waals surface area contributed by atoms with Crippen LogP contribution in [0.3, 0.4) is 0 Å². The highest BCUT2D eigenvalue weighted by Gasteiger charge is 2.31. The Morgan fingerprint density at radius 2 is 1.66 bits per heavy atom. The molecule has 5 heterocycles. The lowest BCUT2D eigenvalue weighted by Gasteiger charge is -2.38. The predicted octanol–water partition coefficient (Wildman–Crippen LogP) is 3.47. The minimum Gasteiger partial charge on any atom is -0.347 e. The molecule has 0 atom stereocenters. The molecule has 11 heteroatoms. The molecule has 1 aromatic carbocycles. The third-order valence-electron chi connectivity index (χ3n) is 6.71. The summed E-state index contributed by atoms with van der Waals surface area (Å²) in [5, 5.41) is 6.42. The molecule has 2 saturated heterocycles. The van der Waals surface area contributed by atoms with Crippen molar-refractivity contribution in [2.75, 3.05) is 49.1 Å². The van der Waals surface area contributed by atoms with Crippen molar-refractivity contribution in [3.63, 3.8) is 0 Å². The van der Waals surface area contributed by atoms with Gasteiger partial charge in [-0.3, -0.25) is 4.79 Å². The average Bonchev–Trinajstić information content (AvgIpc) is 3.49. The largest absolute Gasteiger partial charge is 0.347 e. The lowest BCUT2D eigenvalue weighted by atomic mass is 9.95. The summed E-state index contributed by atoms with van der Waals surface area (Å²) in [7, 11) is 0. The molecule has 35 heavy (non-hydrogen) atoms. The van der Waals surface area contributed by atoms with Crippen LogP contribution >= 0.6 is 22.9 Å². The number of hydrogen-bond acceptors (Lipinski definition) is 8. The number of carbonyl (C=O) groups is 1. The molecule has 2 aliphatic rings. The van der Waals surface area contributed by atoms with Crippen LogP contribution in [0.4, 0.5) is 11.1 Å². The lowest BCUT2D eigenvalue weighted by Crippen LogP contribution is -2.52. The van der Waals surface area contributed by atoms with Gasteiger partial charge in [0, 0.05) is 68.2 Å². The quantitative estimate of drug-likeness (QED) is 0.417. The molecule has 0 unspecified atom stereocenters. The highest BCUT2D eigenvalue weighted by molar-refractivity contribution is 7.20. The summed E-state index contributed by atoms with van der Waals surface area (Å²) in [4.78, 5) is 33.8. The molecule has 4 aromatic rings. The molecule has 0 spiro atoms. The Kier molecular flexibility index (Phi) is 5.99. The van der Waals surface area contributed by atoms with E-state index in [1.165, 1.54) is 0 Å². The van der Waals surface area contributed by atoms with Crippen LogP contribution in [0, 0.1) is 5.92 Å². The van der Waals surface area contributed by atoms with Crippen molar-refractivity contribution in [2.45, 2.75) is 12.8 Å². The minimum absolute atomic E-state index is 0.0753. The molecule has 180 valence electrons. The van der Waals surface area contributed by atoms with Gasteiger partial charge in [-0.15, -0.1) is 5.10 Å². The monoisotopic (exact) mass is 508 g/mol. The first-order valence-corrected chi connectivity index (χ1v) is 13.0. The number of halogens is 1. The smallest absolute Gasteiger partial charge is 0.225 e. The Hall–Kier alpha value is -3.24. The first-order chi connectivity index (χ1) is 17.1. The maximum absolute atomic E-state index is 13.2. The summed E-state index contributed by atoms with van der Waals surface area (Å²) in [6, 6.07) is 9.48. The van der Waals surface area contributed by atoms with E-state index in [2.05, 4.69) is 19.8 Å². The Balaban J connectivity index is 1.04. The molecular formula is C24H25ClN8OS. The lowest BCUT2D eigenvalue weighted by molar-refractivity contribution is -0.136. The summed E-state index contributed by atoms with van der Waals surface area (Å²) in [5.41, 5.74) is 1.90. The number of piperidine rings is 1. The SMILES string of the molecule is O=C(C1CCN(c2nn3cc(-c4ccc(Cl)cc4)nc3s2)CC1)N1CCN(c2ncccn2)CC1. The Bertz CT molecular complexity index is 1280. The third-order valence-corrected chi connectivity index (χ3v) is 7.95. The van der Waals surface area contributed by atoms with E-state index in [1.807, 2.05) is 45.9 Å². The molecule has 1 amide bonds. The highest BCUT2D eigenvalue weighted by Crippen LogP contribution is 2.30. The first kappa shape index (κ1) is 22.2. The van der Waals surface area contributed by atoms with Gasteiger partial charge >= 0.3 is 0 Å². The second-order valence-corrected chi connectivity index (χ2v) is 10.2. The molecule has 0 aliphatic carbocycles. The number of hydrogen-bond donors (Lipinski definition) is 0. The number of nitrogens with zero attached hydrogens (tertiary/aromatic N) is 8. The van der Waals surface area contributed by atoms with Crippen molar-refractivity contribution in [1.29, 1.82) is 0 Å². The van der Waals surface area contributed by atoms with Crippen molar-refractivity contribution in [3.8, 4) is 11.3 Å². The predicted molar refractivity (Wildman–Crippen MR) is 137 cm³/mol. The fourth-order valence-electron chi connectivity index (χ4n) is 4.73. The van der Waals surface area contributed by atoms with Gasteiger partial charge < -0.3 is 14.7 Å². The summed E-state index contributed by atoms with van der Waals surface area (Å²) in [5.74, 6) is 1.09. The number of amides is 1. The van der Waals surface area contributed by atoms with E-state index in [1.54, 1.807) is 23.7 Å². The maximum atomic E-state index is 13.2. The Morgan fingerprint density at radius 3 is 2.34 bits per heavy atom. The number of piperazine rings is 1. The minimum atomic E-state index is 0.0753. The Labute approximate surface area is 212 Å². The van der Waals surface area contributed by atoms with Gasteiger partial charge in [0.05, 0.1) is 11.9 Å². The summed E-state index contributed by atoms with van der Waals surface area (Å²) < 4.78 is 1.84. The van der Waals surface area contributed by atoms with Gasteiger partial charge in [-0.2, -0.15) is 0 Å². The number of benzene rings is 1. The normalized spacial score (nSPS) is 17.3. The Morgan fingerprint density at radius 1 is 0.943 bits per heavy atom. The van der Waals surface area contributed by atoms with Crippen molar-refractivity contribution in [2.24, 2.45) is 5.92 Å². The van der Waals surface area contributed by atoms with Crippen molar-refractivity contribution >= 4 is 44.9 Å². The number of anilines is 2. The average molecular weight is 509 g/mol. The van der Waals surface area contributed by atoms with Gasteiger partial charge in [-0.25, -0.2) is 19.5 Å². The molecule has 0 N–H and O–H groups in total. The molecule has 6 rings (SSSR count). The van der Waals surface area contributed by atoms with E-state index in [4.69, 9.17) is 21.7 Å². The van der Waals surface area contributed by atoms with E-state index in [0.29, 0.717) is 5.02 Å². The van der Waals surface area contributed by atoms with E-state index in [0.717, 1.165) is 79.4 Å². The summed E-state index contributed by atoms with van der Waals surface area (Å²) in [6.45, 7) is 4.63. The molecule has 2 aliphatic heterocycles. The van der Waals surface area contributed by atoms with Crippen molar-refractivity contribution in [1.82, 2.24) is 29.5 Å². The van der Waals surface area contributed by atoms with Crippen LogP contribution in [0.15, 0.2) is 48.9 Å².